The van der Waals surface area contributed by atoms with E-state index >= 15 is 0 Å². The fourth-order valence-corrected chi connectivity index (χ4v) is 2.72. The highest BCUT2D eigenvalue weighted by Crippen LogP contribution is 2.37. The maximum atomic E-state index is 12.5. The van der Waals surface area contributed by atoms with Crippen molar-refractivity contribution in [2.24, 2.45) is 17.3 Å². The van der Waals surface area contributed by atoms with Crippen LogP contribution in [0.1, 0.15) is 20.8 Å². The number of ether oxygens (including phenoxy) is 1. The number of carbonyl (C=O) groups excluding carboxylic acids is 2. The van der Waals surface area contributed by atoms with Gasteiger partial charge in [0, 0.05) is 12.5 Å². The molecule has 1 aromatic carbocycles. The molecular formula is C16H19F3N2O3. The average Bonchev–Trinajstić information content (AvgIpc) is 2.81. The van der Waals surface area contributed by atoms with Crippen molar-refractivity contribution in [2.45, 2.75) is 27.1 Å². The molecule has 0 unspecified atom stereocenters. The number of anilines is 1. The molecule has 2 rings (SSSR count). The SMILES string of the molecule is CC(C)(C)[C@H]1CNC(=O)[C@@H]1C(=O)Nc1ccccc1OC(F)(F)F. The molecule has 1 aliphatic heterocycles. The Bertz CT molecular complexity index is 638. The smallest absolute Gasteiger partial charge is 0.404 e. The Morgan fingerprint density at radius 2 is 1.88 bits per heavy atom. The first-order valence-corrected chi connectivity index (χ1v) is 7.42. The van der Waals surface area contributed by atoms with Crippen LogP contribution in [0.15, 0.2) is 24.3 Å². The van der Waals surface area contributed by atoms with Gasteiger partial charge in [0.2, 0.25) is 11.8 Å². The molecule has 0 aromatic heterocycles. The molecule has 0 bridgehead atoms. The summed E-state index contributed by atoms with van der Waals surface area (Å²) in [4.78, 5) is 24.5. The van der Waals surface area contributed by atoms with Crippen LogP contribution < -0.4 is 15.4 Å². The molecule has 0 aliphatic carbocycles. The molecule has 2 atom stereocenters. The van der Waals surface area contributed by atoms with Crippen molar-refractivity contribution >= 4 is 17.5 Å². The average molecular weight is 344 g/mol. The van der Waals surface area contributed by atoms with E-state index in [1.807, 2.05) is 20.8 Å². The topological polar surface area (TPSA) is 67.4 Å². The van der Waals surface area contributed by atoms with Gasteiger partial charge in [-0.25, -0.2) is 0 Å². The van der Waals surface area contributed by atoms with Crippen LogP contribution >= 0.6 is 0 Å². The first kappa shape index (κ1) is 18.1. The fourth-order valence-electron chi connectivity index (χ4n) is 2.72. The Morgan fingerprint density at radius 3 is 2.46 bits per heavy atom. The van der Waals surface area contributed by atoms with Gasteiger partial charge in [-0.15, -0.1) is 13.2 Å². The van der Waals surface area contributed by atoms with Gasteiger partial charge in [-0.2, -0.15) is 0 Å². The van der Waals surface area contributed by atoms with Crippen LogP contribution in [0.5, 0.6) is 5.75 Å². The molecule has 2 amide bonds. The van der Waals surface area contributed by atoms with Gasteiger partial charge in [-0.1, -0.05) is 32.9 Å². The van der Waals surface area contributed by atoms with Crippen LogP contribution in [0.3, 0.4) is 0 Å². The third-order valence-corrected chi connectivity index (χ3v) is 3.95. The number of alkyl halides is 3. The van der Waals surface area contributed by atoms with Crippen LogP contribution in [-0.4, -0.2) is 24.7 Å². The number of benzene rings is 1. The van der Waals surface area contributed by atoms with E-state index in [9.17, 15) is 22.8 Å². The maximum absolute atomic E-state index is 12.5. The monoisotopic (exact) mass is 344 g/mol. The van der Waals surface area contributed by atoms with E-state index in [-0.39, 0.29) is 17.0 Å². The summed E-state index contributed by atoms with van der Waals surface area (Å²) in [6.07, 6.45) is -4.88. The Kier molecular flexibility index (Phi) is 4.77. The summed E-state index contributed by atoms with van der Waals surface area (Å²) in [5.74, 6) is -2.83. The fraction of sp³-hybridized carbons (Fsp3) is 0.500. The van der Waals surface area contributed by atoms with Crippen molar-refractivity contribution in [1.82, 2.24) is 5.32 Å². The first-order valence-electron chi connectivity index (χ1n) is 7.42. The number of hydrogen-bond donors (Lipinski definition) is 2. The molecule has 132 valence electrons. The molecule has 1 saturated heterocycles. The lowest BCUT2D eigenvalue weighted by Crippen LogP contribution is -2.37. The number of para-hydroxylation sites is 2. The summed E-state index contributed by atoms with van der Waals surface area (Å²) < 4.78 is 41.2. The second-order valence-electron chi connectivity index (χ2n) is 6.73. The molecule has 24 heavy (non-hydrogen) atoms. The third-order valence-electron chi connectivity index (χ3n) is 3.95. The largest absolute Gasteiger partial charge is 0.573 e. The summed E-state index contributed by atoms with van der Waals surface area (Å²) in [5.41, 5.74) is -0.449. The Morgan fingerprint density at radius 1 is 1.25 bits per heavy atom. The highest BCUT2D eigenvalue weighted by atomic mass is 19.4. The van der Waals surface area contributed by atoms with Crippen LogP contribution in [0.4, 0.5) is 18.9 Å². The second-order valence-corrected chi connectivity index (χ2v) is 6.73. The predicted molar refractivity (Wildman–Crippen MR) is 81.2 cm³/mol. The van der Waals surface area contributed by atoms with E-state index in [1.54, 1.807) is 0 Å². The summed E-state index contributed by atoms with van der Waals surface area (Å²) in [6, 6.07) is 5.21. The Balaban J connectivity index is 2.22. The lowest BCUT2D eigenvalue weighted by Gasteiger charge is -2.29. The van der Waals surface area contributed by atoms with E-state index in [0.29, 0.717) is 6.54 Å². The van der Waals surface area contributed by atoms with Crippen molar-refractivity contribution in [3.8, 4) is 5.75 Å². The normalized spacial score (nSPS) is 21.3. The summed E-state index contributed by atoms with van der Waals surface area (Å²) in [6.45, 7) is 6.05. The minimum atomic E-state index is -4.88. The molecule has 8 heteroatoms. The number of hydrogen-bond acceptors (Lipinski definition) is 3. The molecule has 2 N–H and O–H groups in total. The zero-order valence-corrected chi connectivity index (χ0v) is 13.5. The van der Waals surface area contributed by atoms with Crippen LogP contribution in [-0.2, 0) is 9.59 Å². The molecule has 1 heterocycles. The molecule has 1 aliphatic rings. The van der Waals surface area contributed by atoms with Crippen molar-refractivity contribution in [3.63, 3.8) is 0 Å². The lowest BCUT2D eigenvalue weighted by atomic mass is 9.74. The molecule has 5 nitrogen and oxygen atoms in total. The minimum absolute atomic E-state index is 0.132. The number of carbonyl (C=O) groups is 2. The number of nitrogens with one attached hydrogen (secondary N) is 2. The van der Waals surface area contributed by atoms with Crippen molar-refractivity contribution in [3.05, 3.63) is 24.3 Å². The van der Waals surface area contributed by atoms with Gasteiger partial charge in [0.05, 0.1) is 5.69 Å². The van der Waals surface area contributed by atoms with E-state index in [0.717, 1.165) is 6.07 Å². The number of amides is 2. The van der Waals surface area contributed by atoms with Gasteiger partial charge in [0.1, 0.15) is 5.92 Å². The van der Waals surface area contributed by atoms with Crippen LogP contribution in [0, 0.1) is 17.3 Å². The highest BCUT2D eigenvalue weighted by molar-refractivity contribution is 6.08. The lowest BCUT2D eigenvalue weighted by molar-refractivity contribution is -0.274. The first-order chi connectivity index (χ1) is 11.0. The molecule has 0 saturated carbocycles. The van der Waals surface area contributed by atoms with Gasteiger partial charge in [0.25, 0.3) is 0 Å². The van der Waals surface area contributed by atoms with Crippen LogP contribution in [0.2, 0.25) is 0 Å². The molecular weight excluding hydrogens is 325 g/mol. The predicted octanol–water partition coefficient (Wildman–Crippen LogP) is 2.93. The standard InChI is InChI=1S/C16H19F3N2O3/c1-15(2,3)9-8-20-13(22)12(9)14(23)21-10-6-4-5-7-11(10)24-16(17,18)19/h4-7,9,12H,8H2,1-3H3,(H,20,22)(H,21,23)/t9-,12+/m0/s1. The molecule has 0 spiro atoms. The Hall–Kier alpha value is -2.25. The molecule has 1 fully saturated rings. The summed E-state index contributed by atoms with van der Waals surface area (Å²) in [7, 11) is 0. The number of halogens is 3. The zero-order valence-electron chi connectivity index (χ0n) is 13.5. The minimum Gasteiger partial charge on any atom is -0.404 e. The quantitative estimate of drug-likeness (QED) is 0.829. The molecule has 1 aromatic rings. The molecule has 0 radical (unpaired) electrons. The summed E-state index contributed by atoms with van der Waals surface area (Å²) in [5, 5.41) is 5.02. The van der Waals surface area contributed by atoms with Gasteiger partial charge < -0.3 is 15.4 Å². The second kappa shape index (κ2) is 6.33. The van der Waals surface area contributed by atoms with Crippen molar-refractivity contribution < 1.29 is 27.5 Å². The van der Waals surface area contributed by atoms with E-state index in [1.165, 1.54) is 18.2 Å². The zero-order chi connectivity index (χ0) is 18.1. The van der Waals surface area contributed by atoms with Gasteiger partial charge in [-0.3, -0.25) is 9.59 Å². The van der Waals surface area contributed by atoms with E-state index < -0.39 is 29.8 Å². The van der Waals surface area contributed by atoms with E-state index in [2.05, 4.69) is 15.4 Å². The van der Waals surface area contributed by atoms with Crippen LogP contribution in [0.25, 0.3) is 0 Å². The number of rotatable bonds is 3. The van der Waals surface area contributed by atoms with Crippen molar-refractivity contribution in [2.75, 3.05) is 11.9 Å². The van der Waals surface area contributed by atoms with E-state index in [4.69, 9.17) is 0 Å². The third kappa shape index (κ3) is 4.18. The van der Waals surface area contributed by atoms with Gasteiger partial charge in [0.15, 0.2) is 5.75 Å². The maximum Gasteiger partial charge on any atom is 0.573 e. The van der Waals surface area contributed by atoms with Gasteiger partial charge in [-0.05, 0) is 17.5 Å². The highest BCUT2D eigenvalue weighted by Gasteiger charge is 2.46. The van der Waals surface area contributed by atoms with Crippen molar-refractivity contribution in [1.29, 1.82) is 0 Å². The summed E-state index contributed by atoms with van der Waals surface area (Å²) >= 11 is 0. The Labute approximate surface area is 137 Å². The van der Waals surface area contributed by atoms with Gasteiger partial charge >= 0.3 is 6.36 Å².